The van der Waals surface area contributed by atoms with Gasteiger partial charge in [0.25, 0.3) is 0 Å². The number of nitrogens with zero attached hydrogens (tertiary/aromatic N) is 2. The molecule has 0 N–H and O–H groups in total. The molecule has 1 amide bonds. The predicted molar refractivity (Wildman–Crippen MR) is 153 cm³/mol. The van der Waals surface area contributed by atoms with Gasteiger partial charge in [-0.3, -0.25) is 14.6 Å². The van der Waals surface area contributed by atoms with Crippen molar-refractivity contribution in [3.63, 3.8) is 0 Å². The van der Waals surface area contributed by atoms with Gasteiger partial charge in [-0.05, 0) is 62.7 Å². The number of rotatable bonds is 7. The van der Waals surface area contributed by atoms with Crippen molar-refractivity contribution in [2.45, 2.75) is 76.5 Å². The number of allylic oxidation sites excluding steroid dienone is 1. The van der Waals surface area contributed by atoms with Crippen LogP contribution in [0.3, 0.4) is 0 Å². The first kappa shape index (κ1) is 27.3. The predicted octanol–water partition coefficient (Wildman–Crippen LogP) is 4.51. The van der Waals surface area contributed by atoms with Crippen LogP contribution in [0.15, 0.2) is 65.8 Å². The summed E-state index contributed by atoms with van der Waals surface area (Å²) < 4.78 is 17.3. The number of carbonyl (C=O) groups excluding carboxylic acids is 2. The number of benzene rings is 2. The number of methoxy groups -OCH3 is 1. The fraction of sp³-hybridized carbons (Fsp3) is 0.452. The topological polar surface area (TPSA) is 77.4 Å². The maximum atomic E-state index is 13.8. The maximum absolute atomic E-state index is 13.8. The van der Waals surface area contributed by atoms with E-state index < -0.39 is 13.0 Å². The highest BCUT2D eigenvalue weighted by molar-refractivity contribution is 6.62. The van der Waals surface area contributed by atoms with E-state index in [9.17, 15) is 9.59 Å². The van der Waals surface area contributed by atoms with Gasteiger partial charge in [-0.15, -0.1) is 0 Å². The van der Waals surface area contributed by atoms with Crippen LogP contribution in [0.1, 0.15) is 70.4 Å². The van der Waals surface area contributed by atoms with Gasteiger partial charge < -0.3 is 18.9 Å². The number of hydrogen-bond acceptors (Lipinski definition) is 6. The van der Waals surface area contributed by atoms with Crippen molar-refractivity contribution in [1.29, 1.82) is 0 Å². The average molecular weight is 528 g/mol. The standard InChI is InChI=1S/C31H37BN2O5/c1-30(2)31(3,4)39-32(38-30)24-15-13-21(14-16-24)23-18-26(33-20-23)27-12-9-17-34(27)29(36)25(19-28(35)37-5)22-10-7-6-8-11-22/h6-8,10-11,13-16,20,25,27H,9,12,17-19H2,1-5H3/t25-,27-/m0/s1. The van der Waals surface area contributed by atoms with Crippen molar-refractivity contribution < 1.29 is 23.6 Å². The Labute approximate surface area is 231 Å². The van der Waals surface area contributed by atoms with Crippen LogP contribution in [0.4, 0.5) is 0 Å². The summed E-state index contributed by atoms with van der Waals surface area (Å²) in [5.41, 5.74) is 4.27. The second-order valence-electron chi connectivity index (χ2n) is 11.6. The lowest BCUT2D eigenvalue weighted by Crippen LogP contribution is -2.43. The summed E-state index contributed by atoms with van der Waals surface area (Å²) in [5, 5.41) is 0. The molecule has 5 rings (SSSR count). The molecule has 0 unspecified atom stereocenters. The number of likely N-dealkylation sites (tertiary alicyclic amines) is 1. The van der Waals surface area contributed by atoms with E-state index in [1.165, 1.54) is 7.11 Å². The van der Waals surface area contributed by atoms with E-state index in [1.807, 2.05) is 41.4 Å². The zero-order valence-electron chi connectivity index (χ0n) is 23.5. The summed E-state index contributed by atoms with van der Waals surface area (Å²) >= 11 is 0. The number of hydrogen-bond donors (Lipinski definition) is 0. The van der Waals surface area contributed by atoms with Crippen LogP contribution in [0, 0.1) is 0 Å². The van der Waals surface area contributed by atoms with Gasteiger partial charge in [0, 0.05) is 24.9 Å². The van der Waals surface area contributed by atoms with Crippen LogP contribution >= 0.6 is 0 Å². The molecule has 0 aromatic heterocycles. The van der Waals surface area contributed by atoms with Gasteiger partial charge in [0.2, 0.25) is 5.91 Å². The number of esters is 1. The van der Waals surface area contributed by atoms with Crippen molar-refractivity contribution in [3.05, 3.63) is 71.9 Å². The van der Waals surface area contributed by atoms with E-state index >= 15 is 0 Å². The SMILES string of the molecule is COC(=O)C[C@H](C(=O)N1CCC[C@H]1C1=NC=C(c2ccc(B3OC(C)(C)C(C)(C)O3)cc2)C1)c1ccccc1. The molecule has 0 bridgehead atoms. The highest BCUT2D eigenvalue weighted by Gasteiger charge is 2.51. The summed E-state index contributed by atoms with van der Waals surface area (Å²) in [6, 6.07) is 17.7. The van der Waals surface area contributed by atoms with Crippen LogP contribution in [0.2, 0.25) is 0 Å². The minimum absolute atomic E-state index is 0.0215. The van der Waals surface area contributed by atoms with Gasteiger partial charge in [-0.25, -0.2) is 0 Å². The fourth-order valence-electron chi connectivity index (χ4n) is 5.52. The molecule has 2 atom stereocenters. The van der Waals surface area contributed by atoms with E-state index in [0.717, 1.165) is 40.7 Å². The fourth-order valence-corrected chi connectivity index (χ4v) is 5.52. The highest BCUT2D eigenvalue weighted by Crippen LogP contribution is 2.37. The highest BCUT2D eigenvalue weighted by atomic mass is 16.7. The Balaban J connectivity index is 1.26. The molecule has 0 radical (unpaired) electrons. The molecule has 3 aliphatic rings. The van der Waals surface area contributed by atoms with E-state index in [0.29, 0.717) is 13.0 Å². The van der Waals surface area contributed by atoms with Gasteiger partial charge in [0.1, 0.15) is 0 Å². The quantitative estimate of drug-likeness (QED) is 0.391. The lowest BCUT2D eigenvalue weighted by atomic mass is 9.78. The third-order valence-electron chi connectivity index (χ3n) is 8.58. The van der Waals surface area contributed by atoms with Crippen molar-refractivity contribution >= 4 is 35.7 Å². The molecule has 2 fully saturated rings. The Kier molecular flexibility index (Phi) is 7.53. The molecule has 7 nitrogen and oxygen atoms in total. The van der Waals surface area contributed by atoms with Crippen molar-refractivity contribution in [1.82, 2.24) is 4.90 Å². The Morgan fingerprint density at radius 1 is 1.05 bits per heavy atom. The van der Waals surface area contributed by atoms with Crippen LogP contribution in [-0.4, -0.2) is 60.5 Å². The molecule has 3 heterocycles. The van der Waals surface area contributed by atoms with E-state index in [-0.39, 0.29) is 35.5 Å². The molecule has 2 aromatic carbocycles. The Morgan fingerprint density at radius 2 is 1.72 bits per heavy atom. The molecular weight excluding hydrogens is 491 g/mol. The smallest absolute Gasteiger partial charge is 0.469 e. The molecule has 2 saturated heterocycles. The minimum Gasteiger partial charge on any atom is -0.469 e. The van der Waals surface area contributed by atoms with Crippen LogP contribution < -0.4 is 5.46 Å². The second-order valence-corrected chi connectivity index (χ2v) is 11.6. The van der Waals surface area contributed by atoms with Crippen LogP contribution in [0.25, 0.3) is 5.57 Å². The summed E-state index contributed by atoms with van der Waals surface area (Å²) in [4.78, 5) is 32.7. The molecule has 2 aromatic rings. The largest absolute Gasteiger partial charge is 0.494 e. The average Bonchev–Trinajstić information content (AvgIpc) is 3.65. The van der Waals surface area contributed by atoms with E-state index in [2.05, 4.69) is 52.0 Å². The lowest BCUT2D eigenvalue weighted by molar-refractivity contribution is -0.144. The molecule has 39 heavy (non-hydrogen) atoms. The summed E-state index contributed by atoms with van der Waals surface area (Å²) in [5.74, 6) is -1.01. The Morgan fingerprint density at radius 3 is 2.36 bits per heavy atom. The second kappa shape index (κ2) is 10.7. The first-order valence-corrected chi connectivity index (χ1v) is 13.7. The number of ether oxygens (including phenoxy) is 1. The zero-order chi connectivity index (χ0) is 27.8. The first-order chi connectivity index (χ1) is 18.6. The third-order valence-corrected chi connectivity index (χ3v) is 8.58. The number of aliphatic imine (C=N–C) groups is 1. The Bertz CT molecular complexity index is 1270. The minimum atomic E-state index is -0.573. The summed E-state index contributed by atoms with van der Waals surface area (Å²) in [6.07, 6.45) is 4.41. The summed E-state index contributed by atoms with van der Waals surface area (Å²) in [7, 11) is 0.963. The first-order valence-electron chi connectivity index (χ1n) is 13.7. The van der Waals surface area contributed by atoms with E-state index in [1.54, 1.807) is 0 Å². The zero-order valence-corrected chi connectivity index (χ0v) is 23.5. The third kappa shape index (κ3) is 5.45. The monoisotopic (exact) mass is 528 g/mol. The normalized spacial score (nSPS) is 22.4. The van der Waals surface area contributed by atoms with E-state index in [4.69, 9.17) is 19.0 Å². The maximum Gasteiger partial charge on any atom is 0.494 e. The summed E-state index contributed by atoms with van der Waals surface area (Å²) in [6.45, 7) is 8.87. The van der Waals surface area contributed by atoms with Gasteiger partial charge in [0.15, 0.2) is 0 Å². The van der Waals surface area contributed by atoms with Crippen molar-refractivity contribution in [3.8, 4) is 0 Å². The van der Waals surface area contributed by atoms with Crippen LogP contribution in [0.5, 0.6) is 0 Å². The molecule has 0 spiro atoms. The van der Waals surface area contributed by atoms with Gasteiger partial charge in [-0.1, -0.05) is 54.6 Å². The lowest BCUT2D eigenvalue weighted by Gasteiger charge is -2.32. The number of amides is 1. The van der Waals surface area contributed by atoms with Crippen molar-refractivity contribution in [2.24, 2.45) is 4.99 Å². The van der Waals surface area contributed by atoms with Crippen LogP contribution in [-0.2, 0) is 23.6 Å². The Hall–Kier alpha value is -3.23. The molecule has 8 heteroatoms. The molecule has 0 saturated carbocycles. The van der Waals surface area contributed by atoms with Gasteiger partial charge >= 0.3 is 13.1 Å². The molecule has 3 aliphatic heterocycles. The van der Waals surface area contributed by atoms with Crippen molar-refractivity contribution in [2.75, 3.05) is 13.7 Å². The molecule has 0 aliphatic carbocycles. The van der Waals surface area contributed by atoms with Gasteiger partial charge in [-0.2, -0.15) is 0 Å². The molecule has 204 valence electrons. The molecular formula is C31H37BN2O5. The number of carbonyl (C=O) groups is 2. The van der Waals surface area contributed by atoms with Gasteiger partial charge in [0.05, 0.1) is 36.7 Å².